The minimum absolute atomic E-state index is 0.0870. The van der Waals surface area contributed by atoms with E-state index >= 15 is 0 Å². The smallest absolute Gasteiger partial charge is 0.229 e. The van der Waals surface area contributed by atoms with Gasteiger partial charge in [0.2, 0.25) is 15.9 Å². The minimum Gasteiger partial charge on any atom is -0.474 e. The molecule has 2 N–H and O–H groups in total. The van der Waals surface area contributed by atoms with Crippen LogP contribution in [0.3, 0.4) is 0 Å². The highest BCUT2D eigenvalue weighted by molar-refractivity contribution is 7.92. The van der Waals surface area contributed by atoms with Gasteiger partial charge in [0, 0.05) is 31.4 Å². The van der Waals surface area contributed by atoms with E-state index in [9.17, 15) is 12.8 Å². The van der Waals surface area contributed by atoms with Crippen molar-refractivity contribution in [3.8, 4) is 5.88 Å². The fraction of sp³-hybridized carbons (Fsp3) is 0.480. The molecule has 5 rings (SSSR count). The summed E-state index contributed by atoms with van der Waals surface area (Å²) in [5.74, 6) is 1.10. The van der Waals surface area contributed by atoms with Gasteiger partial charge in [-0.3, -0.25) is 9.71 Å². The van der Waals surface area contributed by atoms with Crippen LogP contribution in [0.1, 0.15) is 31.2 Å². The average molecular weight is 531 g/mol. The maximum atomic E-state index is 14.2. The van der Waals surface area contributed by atoms with Crippen LogP contribution in [0.2, 0.25) is 0 Å². The number of anilines is 3. The molecule has 0 atom stereocenters. The molecule has 1 saturated heterocycles. The summed E-state index contributed by atoms with van der Waals surface area (Å²) in [5, 5.41) is 3.86. The molecule has 12 heteroatoms. The number of pyridine rings is 3. The van der Waals surface area contributed by atoms with Crippen molar-refractivity contribution >= 4 is 38.2 Å². The molecule has 1 aliphatic heterocycles. The van der Waals surface area contributed by atoms with Crippen molar-refractivity contribution in [1.29, 1.82) is 0 Å². The summed E-state index contributed by atoms with van der Waals surface area (Å²) in [4.78, 5) is 15.6. The Labute approximate surface area is 215 Å². The maximum absolute atomic E-state index is 14.2. The van der Waals surface area contributed by atoms with Crippen LogP contribution in [0.25, 0.3) is 10.9 Å². The molecule has 37 heavy (non-hydrogen) atoms. The summed E-state index contributed by atoms with van der Waals surface area (Å²) in [6, 6.07) is 5.17. The zero-order chi connectivity index (χ0) is 26.0. The Morgan fingerprint density at radius 1 is 1.08 bits per heavy atom. The van der Waals surface area contributed by atoms with Gasteiger partial charge in [-0.05, 0) is 50.3 Å². The highest BCUT2D eigenvalue weighted by Crippen LogP contribution is 2.33. The Bertz CT molecular complexity index is 1380. The van der Waals surface area contributed by atoms with Gasteiger partial charge in [0.1, 0.15) is 11.9 Å². The van der Waals surface area contributed by atoms with Crippen molar-refractivity contribution in [3.63, 3.8) is 0 Å². The van der Waals surface area contributed by atoms with Crippen LogP contribution < -0.4 is 19.7 Å². The summed E-state index contributed by atoms with van der Waals surface area (Å²) in [6.45, 7) is 4.48. The lowest BCUT2D eigenvalue weighted by Crippen LogP contribution is -2.37. The molecule has 1 saturated carbocycles. The van der Waals surface area contributed by atoms with E-state index in [1.165, 1.54) is 12.3 Å². The van der Waals surface area contributed by atoms with Gasteiger partial charge in [0.25, 0.3) is 0 Å². The number of sulfonamides is 1. The molecule has 0 bridgehead atoms. The number of aryl methyl sites for hydroxylation is 1. The number of halogens is 1. The van der Waals surface area contributed by atoms with Crippen LogP contribution in [0, 0.1) is 12.7 Å². The first kappa shape index (κ1) is 25.4. The second kappa shape index (κ2) is 10.6. The molecular weight excluding hydrogens is 499 g/mol. The van der Waals surface area contributed by atoms with Gasteiger partial charge in [-0.2, -0.15) is 4.98 Å². The van der Waals surface area contributed by atoms with Gasteiger partial charge < -0.3 is 19.7 Å². The fourth-order valence-corrected chi connectivity index (χ4v) is 5.25. The molecule has 3 aromatic rings. The Kier molecular flexibility index (Phi) is 7.29. The Balaban J connectivity index is 1.35. The van der Waals surface area contributed by atoms with Crippen LogP contribution in [0.4, 0.5) is 21.7 Å². The molecular formula is C25H31FN6O4S. The second-order valence-electron chi connectivity index (χ2n) is 9.63. The topological polar surface area (TPSA) is 119 Å². The molecule has 1 aliphatic carbocycles. The largest absolute Gasteiger partial charge is 0.474 e. The summed E-state index contributed by atoms with van der Waals surface area (Å²) in [6.07, 6.45) is 7.25. The van der Waals surface area contributed by atoms with E-state index in [-0.39, 0.29) is 23.8 Å². The van der Waals surface area contributed by atoms with Crippen molar-refractivity contribution in [2.45, 2.75) is 44.8 Å². The van der Waals surface area contributed by atoms with Gasteiger partial charge in [-0.15, -0.1) is 0 Å². The van der Waals surface area contributed by atoms with Crippen LogP contribution >= 0.6 is 0 Å². The van der Waals surface area contributed by atoms with Gasteiger partial charge in [0.05, 0.1) is 42.3 Å². The Hall–Kier alpha value is -3.25. The third-order valence-corrected chi connectivity index (χ3v) is 7.15. The van der Waals surface area contributed by atoms with E-state index in [1.54, 1.807) is 12.3 Å². The van der Waals surface area contributed by atoms with Crippen molar-refractivity contribution in [3.05, 3.63) is 42.0 Å². The molecule has 198 valence electrons. The first-order chi connectivity index (χ1) is 17.7. The van der Waals surface area contributed by atoms with Crippen LogP contribution in [0.5, 0.6) is 5.88 Å². The van der Waals surface area contributed by atoms with Gasteiger partial charge in [-0.25, -0.2) is 17.8 Å². The van der Waals surface area contributed by atoms with Gasteiger partial charge >= 0.3 is 0 Å². The summed E-state index contributed by atoms with van der Waals surface area (Å²) in [7, 11) is -3.46. The first-order valence-electron chi connectivity index (χ1n) is 12.4. The van der Waals surface area contributed by atoms with E-state index in [0.717, 1.165) is 43.3 Å². The third kappa shape index (κ3) is 6.37. The number of rotatable bonds is 7. The summed E-state index contributed by atoms with van der Waals surface area (Å²) < 4.78 is 52.1. The summed E-state index contributed by atoms with van der Waals surface area (Å²) >= 11 is 0. The van der Waals surface area contributed by atoms with E-state index in [2.05, 4.69) is 24.9 Å². The van der Waals surface area contributed by atoms with E-state index in [0.29, 0.717) is 48.8 Å². The van der Waals surface area contributed by atoms with Gasteiger partial charge in [-0.1, -0.05) is 0 Å². The maximum Gasteiger partial charge on any atom is 0.229 e. The monoisotopic (exact) mass is 530 g/mol. The quantitative estimate of drug-likeness (QED) is 0.473. The number of hydrogen-bond donors (Lipinski definition) is 2. The molecule has 0 aromatic carbocycles. The number of ether oxygens (including phenoxy) is 2. The third-order valence-electron chi connectivity index (χ3n) is 6.54. The molecule has 4 heterocycles. The molecule has 10 nitrogen and oxygen atoms in total. The number of morpholine rings is 1. The molecule has 3 aromatic heterocycles. The molecule has 0 unspecified atom stereocenters. The zero-order valence-electron chi connectivity index (χ0n) is 20.9. The normalized spacial score (nSPS) is 20.6. The van der Waals surface area contributed by atoms with Crippen LogP contribution in [0.15, 0.2) is 30.6 Å². The van der Waals surface area contributed by atoms with E-state index in [1.807, 2.05) is 13.0 Å². The molecule has 2 fully saturated rings. The summed E-state index contributed by atoms with van der Waals surface area (Å²) in [5.41, 5.74) is 1.80. The SMILES string of the molecule is Cc1cnc(NC2CCC(Oc3nc(N4CCOCC4)cc4ncc(NS(C)(=O)=O)cc34)CC2)c(F)c1. The average Bonchev–Trinajstić information content (AvgIpc) is 2.86. The predicted octanol–water partition coefficient (Wildman–Crippen LogP) is 3.48. The number of nitrogens with zero attached hydrogens (tertiary/aromatic N) is 4. The lowest BCUT2D eigenvalue weighted by molar-refractivity contribution is 0.122. The van der Waals surface area contributed by atoms with Crippen molar-refractivity contribution in [2.24, 2.45) is 0 Å². The van der Waals surface area contributed by atoms with Crippen LogP contribution in [-0.2, 0) is 14.8 Å². The highest BCUT2D eigenvalue weighted by Gasteiger charge is 2.25. The molecule has 2 aliphatic rings. The molecule has 0 spiro atoms. The van der Waals surface area contributed by atoms with Crippen LogP contribution in [-0.4, -0.2) is 68.1 Å². The predicted molar refractivity (Wildman–Crippen MR) is 140 cm³/mol. The Morgan fingerprint density at radius 3 is 2.54 bits per heavy atom. The van der Waals surface area contributed by atoms with Gasteiger partial charge in [0.15, 0.2) is 11.6 Å². The first-order valence-corrected chi connectivity index (χ1v) is 14.3. The number of hydrogen-bond acceptors (Lipinski definition) is 9. The Morgan fingerprint density at radius 2 is 1.84 bits per heavy atom. The van der Waals surface area contributed by atoms with Crippen molar-refractivity contribution in [1.82, 2.24) is 15.0 Å². The zero-order valence-corrected chi connectivity index (χ0v) is 21.7. The lowest BCUT2D eigenvalue weighted by atomic mass is 9.93. The standard InChI is InChI=1S/C25H31FN6O4S/c1-16-11-21(26)24(28-14-16)29-17-3-5-19(6-4-17)36-25-20-12-18(31-37(2,33)34)15-27-22(20)13-23(30-25)32-7-9-35-10-8-32/h11-15,17,19,31H,3-10H2,1-2H3,(H,28,29). The number of aromatic nitrogens is 3. The minimum atomic E-state index is -3.46. The number of nitrogens with one attached hydrogen (secondary N) is 2. The van der Waals surface area contributed by atoms with Crippen molar-refractivity contribution in [2.75, 3.05) is 47.5 Å². The van der Waals surface area contributed by atoms with E-state index in [4.69, 9.17) is 14.5 Å². The highest BCUT2D eigenvalue weighted by atomic mass is 32.2. The number of fused-ring (bicyclic) bond motifs is 1. The molecule has 0 amide bonds. The second-order valence-corrected chi connectivity index (χ2v) is 11.4. The lowest BCUT2D eigenvalue weighted by Gasteiger charge is -2.31. The van der Waals surface area contributed by atoms with E-state index < -0.39 is 10.0 Å². The van der Waals surface area contributed by atoms with Crippen molar-refractivity contribution < 1.29 is 22.3 Å². The fourth-order valence-electron chi connectivity index (χ4n) is 4.71. The molecule has 0 radical (unpaired) electrons.